The number of aliphatic carboxylic acids is 1. The van der Waals surface area contributed by atoms with E-state index in [-0.39, 0.29) is 35.9 Å². The van der Waals surface area contributed by atoms with Crippen molar-refractivity contribution in [3.05, 3.63) is 11.8 Å². The molecule has 2 saturated heterocycles. The van der Waals surface area contributed by atoms with Crippen LogP contribution in [0.15, 0.2) is 6.07 Å². The first-order valence-electron chi connectivity index (χ1n) is 8.55. The molecule has 1 aliphatic carbocycles. The standard InChI is InChI=1S/C16H17F5N4O2/c1-7-15(17,18)6-25(7)14-22-11(16(19,20)21)3-12(23-14)24-4-9-8(2-13(26)27)10(9)5-24/h3,7-10H,2,4-6H2,1H3,(H,26,27)/t7-,8?,9?,10?/m1/s1. The number of aromatic nitrogens is 2. The summed E-state index contributed by atoms with van der Waals surface area (Å²) >= 11 is 0. The summed E-state index contributed by atoms with van der Waals surface area (Å²) in [6.07, 6.45) is -4.68. The van der Waals surface area contributed by atoms with E-state index < -0.39 is 36.3 Å². The van der Waals surface area contributed by atoms with E-state index in [2.05, 4.69) is 9.97 Å². The number of fused-ring (bicyclic) bond motifs is 1. The molecule has 2 unspecified atom stereocenters. The summed E-state index contributed by atoms with van der Waals surface area (Å²) in [6, 6.07) is -0.455. The lowest BCUT2D eigenvalue weighted by Crippen LogP contribution is -2.64. The van der Waals surface area contributed by atoms with Crippen molar-refractivity contribution in [1.82, 2.24) is 9.97 Å². The lowest BCUT2D eigenvalue weighted by atomic mass is 10.0. The molecular weight excluding hydrogens is 375 g/mol. The number of carbonyl (C=O) groups is 1. The van der Waals surface area contributed by atoms with E-state index in [0.29, 0.717) is 13.1 Å². The highest BCUT2D eigenvalue weighted by Gasteiger charge is 2.57. The molecule has 4 rings (SSSR count). The summed E-state index contributed by atoms with van der Waals surface area (Å²) in [5, 5.41) is 8.86. The van der Waals surface area contributed by atoms with Crippen molar-refractivity contribution in [2.75, 3.05) is 29.4 Å². The van der Waals surface area contributed by atoms with E-state index in [0.717, 1.165) is 11.0 Å². The number of nitrogens with zero attached hydrogens (tertiary/aromatic N) is 4. The number of carboxylic acids is 1. The Morgan fingerprint density at radius 2 is 1.93 bits per heavy atom. The minimum atomic E-state index is -4.72. The molecule has 1 aromatic rings. The predicted octanol–water partition coefficient (Wildman–Crippen LogP) is 2.50. The smallest absolute Gasteiger partial charge is 0.433 e. The Kier molecular flexibility index (Phi) is 3.80. The van der Waals surface area contributed by atoms with Crippen molar-refractivity contribution >= 4 is 17.7 Å². The molecule has 27 heavy (non-hydrogen) atoms. The van der Waals surface area contributed by atoms with Gasteiger partial charge in [-0.15, -0.1) is 0 Å². The Bertz CT molecular complexity index is 775. The van der Waals surface area contributed by atoms with E-state index >= 15 is 0 Å². The summed E-state index contributed by atoms with van der Waals surface area (Å²) in [5.41, 5.74) is -1.17. The predicted molar refractivity (Wildman–Crippen MR) is 83.7 cm³/mol. The lowest BCUT2D eigenvalue weighted by Gasteiger charge is -2.45. The number of piperidine rings is 1. The molecule has 3 fully saturated rings. The molecule has 11 heteroatoms. The minimum absolute atomic E-state index is 0.0380. The molecule has 3 heterocycles. The van der Waals surface area contributed by atoms with Gasteiger partial charge in [0, 0.05) is 25.6 Å². The van der Waals surface area contributed by atoms with Gasteiger partial charge < -0.3 is 14.9 Å². The van der Waals surface area contributed by atoms with Crippen LogP contribution in [0, 0.1) is 17.8 Å². The van der Waals surface area contributed by atoms with E-state index in [1.165, 1.54) is 6.92 Å². The number of hydrogen-bond acceptors (Lipinski definition) is 5. The second kappa shape index (κ2) is 5.65. The van der Waals surface area contributed by atoms with Crippen LogP contribution in [-0.4, -0.2) is 52.6 Å². The van der Waals surface area contributed by atoms with Crippen molar-refractivity contribution in [1.29, 1.82) is 0 Å². The zero-order chi connectivity index (χ0) is 19.7. The summed E-state index contributed by atoms with van der Waals surface area (Å²) < 4.78 is 66.5. The Balaban J connectivity index is 1.57. The van der Waals surface area contributed by atoms with Crippen LogP contribution in [0.4, 0.5) is 33.7 Å². The van der Waals surface area contributed by atoms with Crippen molar-refractivity contribution in [2.45, 2.75) is 31.5 Å². The summed E-state index contributed by atoms with van der Waals surface area (Å²) in [4.78, 5) is 21.1. The topological polar surface area (TPSA) is 69.6 Å². The van der Waals surface area contributed by atoms with Crippen molar-refractivity contribution in [2.24, 2.45) is 17.8 Å². The van der Waals surface area contributed by atoms with E-state index in [4.69, 9.17) is 5.11 Å². The molecule has 1 aromatic heterocycles. The zero-order valence-corrected chi connectivity index (χ0v) is 14.2. The third kappa shape index (κ3) is 3.06. The van der Waals surface area contributed by atoms with E-state index in [1.54, 1.807) is 4.90 Å². The van der Waals surface area contributed by atoms with Gasteiger partial charge in [-0.05, 0) is 24.7 Å². The monoisotopic (exact) mass is 392 g/mol. The maximum atomic E-state index is 13.4. The molecule has 0 spiro atoms. The van der Waals surface area contributed by atoms with Gasteiger partial charge in [0.1, 0.15) is 5.82 Å². The molecule has 3 atom stereocenters. The summed E-state index contributed by atoms with van der Waals surface area (Å²) in [7, 11) is 0. The molecular formula is C16H17F5N4O2. The summed E-state index contributed by atoms with van der Waals surface area (Å²) in [6.45, 7) is 1.30. The number of alkyl halides is 5. The van der Waals surface area contributed by atoms with Gasteiger partial charge in [0.2, 0.25) is 5.95 Å². The van der Waals surface area contributed by atoms with Crippen LogP contribution in [0.25, 0.3) is 0 Å². The molecule has 3 aliphatic rings. The fourth-order valence-corrected chi connectivity index (χ4v) is 4.05. The highest BCUT2D eigenvalue weighted by molar-refractivity contribution is 5.68. The van der Waals surface area contributed by atoms with Crippen LogP contribution in [-0.2, 0) is 11.0 Å². The number of hydrogen-bond donors (Lipinski definition) is 1. The van der Waals surface area contributed by atoms with Gasteiger partial charge in [-0.1, -0.05) is 0 Å². The first-order chi connectivity index (χ1) is 12.5. The van der Waals surface area contributed by atoms with Gasteiger partial charge in [-0.3, -0.25) is 4.79 Å². The Hall–Kier alpha value is -2.20. The molecule has 2 aliphatic heterocycles. The third-order valence-electron chi connectivity index (χ3n) is 5.81. The van der Waals surface area contributed by atoms with Gasteiger partial charge in [0.15, 0.2) is 5.69 Å². The maximum absolute atomic E-state index is 13.4. The molecule has 0 radical (unpaired) electrons. The second-order valence-corrected chi connectivity index (χ2v) is 7.47. The van der Waals surface area contributed by atoms with Crippen molar-refractivity contribution in [3.8, 4) is 0 Å². The molecule has 1 N–H and O–H groups in total. The first kappa shape index (κ1) is 18.2. The number of rotatable bonds is 4. The Morgan fingerprint density at radius 1 is 1.30 bits per heavy atom. The number of halogens is 5. The average Bonchev–Trinajstić information content (AvgIpc) is 3.01. The largest absolute Gasteiger partial charge is 0.481 e. The van der Waals surface area contributed by atoms with Gasteiger partial charge in [-0.2, -0.15) is 18.2 Å². The van der Waals surface area contributed by atoms with Gasteiger partial charge in [-0.25, -0.2) is 13.8 Å². The third-order valence-corrected chi connectivity index (χ3v) is 5.81. The first-order valence-corrected chi connectivity index (χ1v) is 8.55. The quantitative estimate of drug-likeness (QED) is 0.795. The van der Waals surface area contributed by atoms with Gasteiger partial charge >= 0.3 is 12.1 Å². The van der Waals surface area contributed by atoms with E-state index in [1.807, 2.05) is 0 Å². The fourth-order valence-electron chi connectivity index (χ4n) is 4.05. The van der Waals surface area contributed by atoms with Crippen LogP contribution in [0.2, 0.25) is 0 Å². The van der Waals surface area contributed by atoms with E-state index in [9.17, 15) is 26.7 Å². The van der Waals surface area contributed by atoms with Gasteiger partial charge in [0.05, 0.1) is 12.6 Å². The second-order valence-electron chi connectivity index (χ2n) is 7.47. The lowest BCUT2D eigenvalue weighted by molar-refractivity contribution is -0.141. The normalized spacial score (nSPS) is 31.5. The van der Waals surface area contributed by atoms with Crippen LogP contribution in [0.3, 0.4) is 0 Å². The van der Waals surface area contributed by atoms with Gasteiger partial charge in [0.25, 0.3) is 5.92 Å². The zero-order valence-electron chi connectivity index (χ0n) is 14.2. The highest BCUT2D eigenvalue weighted by Crippen LogP contribution is 2.54. The fraction of sp³-hybridized carbons (Fsp3) is 0.688. The molecule has 6 nitrogen and oxygen atoms in total. The summed E-state index contributed by atoms with van der Waals surface area (Å²) in [5.74, 6) is -3.94. The SMILES string of the molecule is C[C@H]1N(c2nc(N3CC4C(CC(=O)O)C4C3)cc(C(F)(F)F)n2)CC1(F)F. The Morgan fingerprint density at radius 3 is 2.41 bits per heavy atom. The maximum Gasteiger partial charge on any atom is 0.433 e. The Labute approximate surface area is 151 Å². The molecule has 0 bridgehead atoms. The minimum Gasteiger partial charge on any atom is -0.481 e. The highest BCUT2D eigenvalue weighted by atomic mass is 19.4. The molecule has 1 saturated carbocycles. The average molecular weight is 392 g/mol. The number of carboxylic acid groups (broad SMARTS) is 1. The molecule has 0 aromatic carbocycles. The molecule has 148 valence electrons. The van der Waals surface area contributed by atoms with Crippen molar-refractivity contribution in [3.63, 3.8) is 0 Å². The molecule has 0 amide bonds. The number of anilines is 2. The van der Waals surface area contributed by atoms with Crippen LogP contribution in [0.1, 0.15) is 19.0 Å². The van der Waals surface area contributed by atoms with Crippen LogP contribution < -0.4 is 9.80 Å². The van der Waals surface area contributed by atoms with Crippen molar-refractivity contribution < 1.29 is 31.9 Å². The van der Waals surface area contributed by atoms with Crippen LogP contribution in [0.5, 0.6) is 0 Å². The van der Waals surface area contributed by atoms with Crippen LogP contribution >= 0.6 is 0 Å².